The van der Waals surface area contributed by atoms with Crippen LogP contribution in [0, 0.1) is 0 Å². The fourth-order valence-electron chi connectivity index (χ4n) is 4.84. The lowest BCUT2D eigenvalue weighted by Crippen LogP contribution is -2.43. The number of aliphatic hydroxyl groups is 1. The number of benzene rings is 1. The van der Waals surface area contributed by atoms with E-state index >= 15 is 0 Å². The van der Waals surface area contributed by atoms with Gasteiger partial charge in [0.1, 0.15) is 24.6 Å². The second-order valence-electron chi connectivity index (χ2n) is 9.98. The molecule has 0 saturated carbocycles. The number of rotatable bonds is 11. The van der Waals surface area contributed by atoms with Crippen molar-refractivity contribution in [2.24, 2.45) is 0 Å². The summed E-state index contributed by atoms with van der Waals surface area (Å²) in [7, 11) is 7.62. The molecule has 2 aromatic rings. The van der Waals surface area contributed by atoms with Gasteiger partial charge in [-0.05, 0) is 31.2 Å². The van der Waals surface area contributed by atoms with Gasteiger partial charge in [0.05, 0.1) is 25.9 Å². The van der Waals surface area contributed by atoms with Crippen LogP contribution in [0.15, 0.2) is 30.6 Å². The maximum absolute atomic E-state index is 11.3. The normalized spacial score (nSPS) is 20.7. The Balaban J connectivity index is 1.29. The molecule has 10 nitrogen and oxygen atoms in total. The molecular formula is C26H40N6O4. The molecule has 1 aromatic heterocycles. The molecule has 1 N–H and O–H groups in total. The lowest BCUT2D eigenvalue weighted by molar-refractivity contribution is 0.0279. The Hall–Kier alpha value is -2.66. The Morgan fingerprint density at radius 3 is 2.64 bits per heavy atom. The zero-order valence-corrected chi connectivity index (χ0v) is 22.0. The molecule has 0 radical (unpaired) electrons. The molecule has 36 heavy (non-hydrogen) atoms. The molecule has 0 amide bonds. The van der Waals surface area contributed by atoms with Gasteiger partial charge in [-0.15, -0.1) is 0 Å². The third-order valence-electron chi connectivity index (χ3n) is 6.77. The molecule has 10 heteroatoms. The van der Waals surface area contributed by atoms with E-state index in [0.29, 0.717) is 32.7 Å². The minimum absolute atomic E-state index is 0.542. The van der Waals surface area contributed by atoms with E-state index in [2.05, 4.69) is 30.7 Å². The summed E-state index contributed by atoms with van der Waals surface area (Å²) in [6.45, 7) is 7.53. The van der Waals surface area contributed by atoms with Crippen molar-refractivity contribution >= 4 is 11.6 Å². The number of hydrogen-bond acceptors (Lipinski definition) is 10. The zero-order chi connectivity index (χ0) is 25.5. The van der Waals surface area contributed by atoms with Gasteiger partial charge in [-0.3, -0.25) is 9.80 Å². The van der Waals surface area contributed by atoms with Crippen molar-refractivity contribution in [3.8, 4) is 11.5 Å². The van der Waals surface area contributed by atoms with Crippen LogP contribution in [0.4, 0.5) is 11.6 Å². The fourth-order valence-corrected chi connectivity index (χ4v) is 4.84. The van der Waals surface area contributed by atoms with Crippen LogP contribution in [-0.4, -0.2) is 118 Å². The van der Waals surface area contributed by atoms with Crippen LogP contribution in [0.2, 0.25) is 0 Å². The molecule has 1 atom stereocenters. The summed E-state index contributed by atoms with van der Waals surface area (Å²) in [5, 5.41) is 11.3. The summed E-state index contributed by atoms with van der Waals surface area (Å²) in [5.74, 6) is 3.19. The first-order chi connectivity index (χ1) is 17.3. The summed E-state index contributed by atoms with van der Waals surface area (Å²) in [6, 6.07) is 8.03. The van der Waals surface area contributed by atoms with E-state index in [9.17, 15) is 5.11 Å². The average Bonchev–Trinajstić information content (AvgIpc) is 3.26. The van der Waals surface area contributed by atoms with Gasteiger partial charge >= 0.3 is 0 Å². The molecule has 2 aliphatic rings. The van der Waals surface area contributed by atoms with E-state index in [1.54, 1.807) is 13.4 Å². The summed E-state index contributed by atoms with van der Waals surface area (Å²) in [6.07, 6.45) is 2.27. The number of ether oxygens (including phenoxy) is 3. The molecule has 2 saturated heterocycles. The van der Waals surface area contributed by atoms with Crippen LogP contribution in [0.25, 0.3) is 0 Å². The molecule has 4 rings (SSSR count). The second-order valence-corrected chi connectivity index (χ2v) is 9.98. The van der Waals surface area contributed by atoms with Crippen LogP contribution < -0.4 is 19.3 Å². The van der Waals surface area contributed by atoms with Crippen molar-refractivity contribution < 1.29 is 19.3 Å². The highest BCUT2D eigenvalue weighted by atomic mass is 16.5. The summed E-state index contributed by atoms with van der Waals surface area (Å²) < 4.78 is 17.0. The van der Waals surface area contributed by atoms with E-state index in [0.717, 1.165) is 68.1 Å². The minimum Gasteiger partial charge on any atom is -0.493 e. The first-order valence-corrected chi connectivity index (χ1v) is 12.6. The van der Waals surface area contributed by atoms with Crippen molar-refractivity contribution in [3.05, 3.63) is 36.2 Å². The molecule has 2 fully saturated rings. The standard InChI is InChI=1S/C26H40N6O4/c1-29(2)24-16-25(28-20-27-24)32-8-7-26(33,19-32)18-30(3)17-21-5-6-22(23(15-21)34-4)36-14-11-31-9-12-35-13-10-31/h5-6,15-16,20,33H,7-14,17-19H2,1-4H3. The first kappa shape index (κ1) is 26.4. The van der Waals surface area contributed by atoms with Gasteiger partial charge < -0.3 is 29.1 Å². The predicted octanol–water partition coefficient (Wildman–Crippen LogP) is 1.34. The van der Waals surface area contributed by atoms with Crippen molar-refractivity contribution in [3.63, 3.8) is 0 Å². The topological polar surface area (TPSA) is 86.7 Å². The van der Waals surface area contributed by atoms with E-state index in [4.69, 9.17) is 14.2 Å². The van der Waals surface area contributed by atoms with E-state index in [-0.39, 0.29) is 0 Å². The van der Waals surface area contributed by atoms with Gasteiger partial charge in [-0.1, -0.05) is 6.07 Å². The maximum Gasteiger partial charge on any atom is 0.161 e. The van der Waals surface area contributed by atoms with E-state index < -0.39 is 5.60 Å². The van der Waals surface area contributed by atoms with Crippen molar-refractivity contribution in [2.45, 2.75) is 18.6 Å². The van der Waals surface area contributed by atoms with Crippen molar-refractivity contribution in [2.75, 3.05) is 97.1 Å². The molecule has 0 bridgehead atoms. The van der Waals surface area contributed by atoms with Crippen LogP contribution in [0.5, 0.6) is 11.5 Å². The molecule has 1 aromatic carbocycles. The minimum atomic E-state index is -0.801. The largest absolute Gasteiger partial charge is 0.493 e. The van der Waals surface area contributed by atoms with Gasteiger partial charge in [-0.25, -0.2) is 9.97 Å². The first-order valence-electron chi connectivity index (χ1n) is 12.6. The molecule has 198 valence electrons. The SMILES string of the molecule is COc1cc(CN(C)CC2(O)CCN(c3cc(N(C)C)ncn3)C2)ccc1OCCN1CCOCC1. The van der Waals surface area contributed by atoms with Gasteiger partial charge in [0, 0.05) is 66.0 Å². The summed E-state index contributed by atoms with van der Waals surface area (Å²) in [5.41, 5.74) is 0.310. The third-order valence-corrected chi connectivity index (χ3v) is 6.77. The predicted molar refractivity (Wildman–Crippen MR) is 140 cm³/mol. The molecule has 0 aliphatic carbocycles. The Bertz CT molecular complexity index is 987. The number of morpholine rings is 1. The van der Waals surface area contributed by atoms with E-state index in [1.165, 1.54) is 0 Å². The summed E-state index contributed by atoms with van der Waals surface area (Å²) >= 11 is 0. The number of nitrogens with zero attached hydrogens (tertiary/aromatic N) is 6. The van der Waals surface area contributed by atoms with Gasteiger partial charge in [-0.2, -0.15) is 0 Å². The van der Waals surface area contributed by atoms with Gasteiger partial charge in [0.2, 0.25) is 0 Å². The number of aromatic nitrogens is 2. The van der Waals surface area contributed by atoms with Crippen molar-refractivity contribution in [1.82, 2.24) is 19.8 Å². The monoisotopic (exact) mass is 500 g/mol. The Morgan fingerprint density at radius 1 is 1.08 bits per heavy atom. The highest BCUT2D eigenvalue weighted by Crippen LogP contribution is 2.30. The Morgan fingerprint density at radius 2 is 1.89 bits per heavy atom. The number of anilines is 2. The fraction of sp³-hybridized carbons (Fsp3) is 0.615. The summed E-state index contributed by atoms with van der Waals surface area (Å²) in [4.78, 5) is 17.3. The third kappa shape index (κ3) is 6.97. The lowest BCUT2D eigenvalue weighted by atomic mass is 10.0. The van der Waals surface area contributed by atoms with Gasteiger partial charge in [0.15, 0.2) is 11.5 Å². The van der Waals surface area contributed by atoms with E-state index in [1.807, 2.05) is 44.2 Å². The number of methoxy groups -OCH3 is 1. The maximum atomic E-state index is 11.3. The highest BCUT2D eigenvalue weighted by Gasteiger charge is 2.37. The Labute approximate surface area is 214 Å². The number of β-amino-alcohol motifs (C(OH)–C–C–N with tert-alkyl or cyclic N) is 1. The second kappa shape index (κ2) is 12.1. The van der Waals surface area contributed by atoms with Crippen LogP contribution >= 0.6 is 0 Å². The Kier molecular flexibility index (Phi) is 8.84. The van der Waals surface area contributed by atoms with Crippen LogP contribution in [0.1, 0.15) is 12.0 Å². The van der Waals surface area contributed by atoms with Crippen LogP contribution in [0.3, 0.4) is 0 Å². The number of hydrogen-bond donors (Lipinski definition) is 1. The van der Waals surface area contributed by atoms with Gasteiger partial charge in [0.25, 0.3) is 0 Å². The molecule has 3 heterocycles. The zero-order valence-electron chi connectivity index (χ0n) is 22.0. The van der Waals surface area contributed by atoms with Crippen molar-refractivity contribution in [1.29, 1.82) is 0 Å². The highest BCUT2D eigenvalue weighted by molar-refractivity contribution is 5.50. The smallest absolute Gasteiger partial charge is 0.161 e. The molecule has 1 unspecified atom stereocenters. The number of likely N-dealkylation sites (N-methyl/N-ethyl adjacent to an activating group) is 1. The quantitative estimate of drug-likeness (QED) is 0.488. The lowest BCUT2D eigenvalue weighted by Gasteiger charge is -2.29. The average molecular weight is 501 g/mol. The van der Waals surface area contributed by atoms with Crippen LogP contribution in [-0.2, 0) is 11.3 Å². The molecular weight excluding hydrogens is 460 g/mol. The molecule has 0 spiro atoms. The molecule has 2 aliphatic heterocycles.